The van der Waals surface area contributed by atoms with Crippen LogP contribution in [-0.2, 0) is 30.8 Å². The van der Waals surface area contributed by atoms with Crippen LogP contribution in [0.2, 0.25) is 0 Å². The second-order valence-corrected chi connectivity index (χ2v) is 9.96. The van der Waals surface area contributed by atoms with Crippen LogP contribution in [0.3, 0.4) is 0 Å². The van der Waals surface area contributed by atoms with E-state index in [0.717, 1.165) is 5.56 Å². The number of sulfonamides is 1. The highest BCUT2D eigenvalue weighted by Gasteiger charge is 2.29. The van der Waals surface area contributed by atoms with Gasteiger partial charge in [0.1, 0.15) is 0 Å². The minimum absolute atomic E-state index is 0.0671. The van der Waals surface area contributed by atoms with Crippen LogP contribution in [0, 0.1) is 6.92 Å². The summed E-state index contributed by atoms with van der Waals surface area (Å²) < 4.78 is 31.9. The van der Waals surface area contributed by atoms with Gasteiger partial charge in [0.2, 0.25) is 15.9 Å². The Balaban J connectivity index is 1.47. The van der Waals surface area contributed by atoms with Gasteiger partial charge in [0, 0.05) is 31.6 Å². The monoisotopic (exact) mass is 466 g/mol. The first-order valence-corrected chi connectivity index (χ1v) is 12.3. The summed E-state index contributed by atoms with van der Waals surface area (Å²) in [4.78, 5) is 30.3. The fraction of sp³-hybridized carbons (Fsp3) is 0.450. The molecule has 0 bridgehead atoms. The molecular formula is C20H26N4O5S2. The lowest BCUT2D eigenvalue weighted by atomic mass is 10.2. The van der Waals surface area contributed by atoms with Crippen LogP contribution in [-0.4, -0.2) is 73.8 Å². The predicted molar refractivity (Wildman–Crippen MR) is 117 cm³/mol. The summed E-state index contributed by atoms with van der Waals surface area (Å²) in [6.45, 7) is 5.68. The molecule has 0 spiro atoms. The minimum Gasteiger partial charge on any atom is -0.466 e. The standard InChI is InChI=1S/C20H26N4O5S2/c1-3-29-19(26)12-16-14-30-20(21-16)22-18(25)13-23-8-10-24(11-9-23)31(27,28)17-6-4-15(2)5-7-17/h4-7,14H,3,8-13H2,1-2H3,(H,21,22,25). The molecule has 1 saturated heterocycles. The fourth-order valence-corrected chi connectivity index (χ4v) is 5.30. The summed E-state index contributed by atoms with van der Waals surface area (Å²) in [5, 5.41) is 4.86. The molecule has 9 nitrogen and oxygen atoms in total. The number of carbonyl (C=O) groups excluding carboxylic acids is 2. The quantitative estimate of drug-likeness (QED) is 0.587. The summed E-state index contributed by atoms with van der Waals surface area (Å²) in [5.74, 6) is -0.587. The lowest BCUT2D eigenvalue weighted by molar-refractivity contribution is -0.142. The molecule has 168 valence electrons. The first kappa shape index (κ1) is 23.3. The van der Waals surface area contributed by atoms with E-state index in [2.05, 4.69) is 10.3 Å². The van der Waals surface area contributed by atoms with Gasteiger partial charge in [-0.2, -0.15) is 4.31 Å². The lowest BCUT2D eigenvalue weighted by Crippen LogP contribution is -2.50. The number of amides is 1. The third kappa shape index (κ3) is 6.33. The molecule has 1 fully saturated rings. The van der Waals surface area contributed by atoms with E-state index in [-0.39, 0.29) is 29.7 Å². The lowest BCUT2D eigenvalue weighted by Gasteiger charge is -2.33. The van der Waals surface area contributed by atoms with Gasteiger partial charge in [0.05, 0.1) is 30.2 Å². The van der Waals surface area contributed by atoms with Crippen LogP contribution in [0.5, 0.6) is 0 Å². The van der Waals surface area contributed by atoms with Crippen molar-refractivity contribution in [1.29, 1.82) is 0 Å². The molecule has 2 heterocycles. The fourth-order valence-electron chi connectivity index (χ4n) is 3.15. The SMILES string of the molecule is CCOC(=O)Cc1csc(NC(=O)CN2CCN(S(=O)(=O)c3ccc(C)cc3)CC2)n1. The van der Waals surface area contributed by atoms with E-state index in [9.17, 15) is 18.0 Å². The Morgan fingerprint density at radius 2 is 1.84 bits per heavy atom. The summed E-state index contributed by atoms with van der Waals surface area (Å²) in [5.41, 5.74) is 1.55. The van der Waals surface area contributed by atoms with E-state index in [4.69, 9.17) is 4.74 Å². The summed E-state index contributed by atoms with van der Waals surface area (Å²) in [6.07, 6.45) is 0.0671. The van der Waals surface area contributed by atoms with E-state index in [1.54, 1.807) is 36.6 Å². The molecule has 1 amide bonds. The Bertz CT molecular complexity index is 1010. The number of nitrogens with one attached hydrogen (secondary N) is 1. The zero-order valence-electron chi connectivity index (χ0n) is 17.5. The first-order chi connectivity index (χ1) is 14.8. The number of nitrogens with zero attached hydrogens (tertiary/aromatic N) is 3. The van der Waals surface area contributed by atoms with Crippen LogP contribution < -0.4 is 5.32 Å². The van der Waals surface area contributed by atoms with Gasteiger partial charge in [-0.05, 0) is 26.0 Å². The van der Waals surface area contributed by atoms with Gasteiger partial charge in [-0.15, -0.1) is 11.3 Å². The van der Waals surface area contributed by atoms with Gasteiger partial charge in [-0.25, -0.2) is 13.4 Å². The van der Waals surface area contributed by atoms with Gasteiger partial charge >= 0.3 is 5.97 Å². The molecule has 0 radical (unpaired) electrons. The van der Waals surface area contributed by atoms with E-state index >= 15 is 0 Å². The second kappa shape index (κ2) is 10.3. The number of hydrogen-bond acceptors (Lipinski definition) is 8. The number of hydrogen-bond donors (Lipinski definition) is 1. The Labute approximate surface area is 186 Å². The molecule has 0 aliphatic carbocycles. The van der Waals surface area contributed by atoms with Gasteiger partial charge in [-0.3, -0.25) is 14.5 Å². The van der Waals surface area contributed by atoms with Gasteiger partial charge in [0.25, 0.3) is 0 Å². The Kier molecular flexibility index (Phi) is 7.76. The Morgan fingerprint density at radius 1 is 1.16 bits per heavy atom. The molecule has 1 aliphatic rings. The van der Waals surface area contributed by atoms with Crippen LogP contribution >= 0.6 is 11.3 Å². The minimum atomic E-state index is -3.53. The molecule has 3 rings (SSSR count). The normalized spacial score (nSPS) is 15.5. The van der Waals surface area contributed by atoms with Crippen LogP contribution in [0.25, 0.3) is 0 Å². The molecule has 0 atom stereocenters. The average molecular weight is 467 g/mol. The van der Waals surface area contributed by atoms with Crippen molar-refractivity contribution in [3.63, 3.8) is 0 Å². The number of aryl methyl sites for hydroxylation is 1. The molecule has 1 aliphatic heterocycles. The zero-order valence-corrected chi connectivity index (χ0v) is 19.2. The molecular weight excluding hydrogens is 440 g/mol. The number of thiazole rings is 1. The van der Waals surface area contributed by atoms with E-state index < -0.39 is 10.0 Å². The van der Waals surface area contributed by atoms with Crippen molar-refractivity contribution < 1.29 is 22.7 Å². The second-order valence-electron chi connectivity index (χ2n) is 7.17. The van der Waals surface area contributed by atoms with Crippen molar-refractivity contribution in [3.8, 4) is 0 Å². The van der Waals surface area contributed by atoms with Crippen molar-refractivity contribution >= 4 is 38.4 Å². The smallest absolute Gasteiger partial charge is 0.311 e. The zero-order chi connectivity index (χ0) is 22.4. The molecule has 0 unspecified atom stereocenters. The maximum Gasteiger partial charge on any atom is 0.311 e. The average Bonchev–Trinajstić information content (AvgIpc) is 3.15. The van der Waals surface area contributed by atoms with Crippen molar-refractivity contribution in [3.05, 3.63) is 40.9 Å². The topological polar surface area (TPSA) is 109 Å². The van der Waals surface area contributed by atoms with Gasteiger partial charge in [-0.1, -0.05) is 17.7 Å². The van der Waals surface area contributed by atoms with Crippen LogP contribution in [0.4, 0.5) is 5.13 Å². The molecule has 1 N–H and O–H groups in total. The first-order valence-electron chi connectivity index (χ1n) is 9.97. The number of piperazine rings is 1. The number of rotatable bonds is 8. The Hall–Kier alpha value is -2.34. The number of esters is 1. The number of ether oxygens (including phenoxy) is 1. The molecule has 0 saturated carbocycles. The van der Waals surface area contributed by atoms with Crippen molar-refractivity contribution in [2.45, 2.75) is 25.2 Å². The largest absolute Gasteiger partial charge is 0.466 e. The summed E-state index contributed by atoms with van der Waals surface area (Å²) in [6, 6.07) is 6.80. The summed E-state index contributed by atoms with van der Waals surface area (Å²) in [7, 11) is -3.53. The summed E-state index contributed by atoms with van der Waals surface area (Å²) >= 11 is 1.25. The number of anilines is 1. The molecule has 11 heteroatoms. The third-order valence-electron chi connectivity index (χ3n) is 4.79. The maximum atomic E-state index is 12.8. The number of carbonyl (C=O) groups is 2. The predicted octanol–water partition coefficient (Wildman–Crippen LogP) is 1.50. The molecule has 2 aromatic rings. The van der Waals surface area contributed by atoms with E-state index in [1.807, 2.05) is 11.8 Å². The highest BCUT2D eigenvalue weighted by atomic mass is 32.2. The van der Waals surface area contributed by atoms with Crippen molar-refractivity contribution in [2.75, 3.05) is 44.6 Å². The highest BCUT2D eigenvalue weighted by Crippen LogP contribution is 2.19. The van der Waals surface area contributed by atoms with E-state index in [0.29, 0.717) is 43.6 Å². The maximum absolute atomic E-state index is 12.8. The third-order valence-corrected chi connectivity index (χ3v) is 7.51. The van der Waals surface area contributed by atoms with Crippen LogP contribution in [0.15, 0.2) is 34.5 Å². The molecule has 1 aromatic carbocycles. The molecule has 1 aromatic heterocycles. The van der Waals surface area contributed by atoms with Crippen LogP contribution in [0.1, 0.15) is 18.2 Å². The van der Waals surface area contributed by atoms with E-state index in [1.165, 1.54) is 15.6 Å². The number of aromatic nitrogens is 1. The molecule has 31 heavy (non-hydrogen) atoms. The van der Waals surface area contributed by atoms with Crippen molar-refractivity contribution in [1.82, 2.24) is 14.2 Å². The van der Waals surface area contributed by atoms with Gasteiger partial charge < -0.3 is 10.1 Å². The Morgan fingerprint density at radius 3 is 2.48 bits per heavy atom. The highest BCUT2D eigenvalue weighted by molar-refractivity contribution is 7.89. The van der Waals surface area contributed by atoms with Gasteiger partial charge in [0.15, 0.2) is 5.13 Å². The van der Waals surface area contributed by atoms with Crippen molar-refractivity contribution in [2.24, 2.45) is 0 Å². The number of benzene rings is 1.